The van der Waals surface area contributed by atoms with E-state index >= 15 is 0 Å². The van der Waals surface area contributed by atoms with Gasteiger partial charge in [0, 0.05) is 31.4 Å². The number of benzene rings is 1. The van der Waals surface area contributed by atoms with Crippen LogP contribution in [0.15, 0.2) is 42.6 Å². The molecule has 1 fully saturated rings. The molecule has 1 aliphatic rings. The number of ether oxygens (including phenoxy) is 1. The lowest BCUT2D eigenvalue weighted by Gasteiger charge is -2.35. The highest BCUT2D eigenvalue weighted by atomic mass is 19.1. The van der Waals surface area contributed by atoms with E-state index in [1.54, 1.807) is 12.1 Å². The van der Waals surface area contributed by atoms with Crippen molar-refractivity contribution in [2.24, 2.45) is 5.92 Å². The predicted molar refractivity (Wildman–Crippen MR) is 103 cm³/mol. The van der Waals surface area contributed by atoms with Gasteiger partial charge in [-0.25, -0.2) is 8.78 Å². The molecule has 2 heterocycles. The number of carbonyl (C=O) groups excluding carboxylic acids is 1. The third-order valence-corrected chi connectivity index (χ3v) is 4.96. The second-order valence-corrected chi connectivity index (χ2v) is 7.15. The van der Waals surface area contributed by atoms with Crippen molar-refractivity contribution in [1.29, 1.82) is 0 Å². The number of hydrogen-bond donors (Lipinski definition) is 1. The molecule has 1 saturated heterocycles. The highest BCUT2D eigenvalue weighted by molar-refractivity contribution is 5.92. The van der Waals surface area contributed by atoms with Crippen LogP contribution in [0.3, 0.4) is 0 Å². The Labute approximate surface area is 163 Å². The quantitative estimate of drug-likeness (QED) is 0.782. The Kier molecular flexibility index (Phi) is 6.92. The lowest BCUT2D eigenvalue weighted by molar-refractivity contribution is 0.0898. The number of alkyl halides is 1. The van der Waals surface area contributed by atoms with E-state index in [0.29, 0.717) is 24.0 Å². The first-order valence-corrected chi connectivity index (χ1v) is 9.53. The number of aromatic nitrogens is 1. The molecule has 2 atom stereocenters. The molecule has 0 bridgehead atoms. The van der Waals surface area contributed by atoms with Gasteiger partial charge in [0.05, 0.1) is 0 Å². The molecule has 0 radical (unpaired) electrons. The summed E-state index contributed by atoms with van der Waals surface area (Å²) in [4.78, 5) is 18.7. The van der Waals surface area contributed by atoms with Crippen LogP contribution in [0.1, 0.15) is 30.3 Å². The molecule has 1 amide bonds. The van der Waals surface area contributed by atoms with Crippen LogP contribution in [0.5, 0.6) is 11.5 Å². The molecule has 0 aliphatic carbocycles. The molecular weight excluding hydrogens is 364 g/mol. The second-order valence-electron chi connectivity index (χ2n) is 7.15. The minimum absolute atomic E-state index is 0.0829. The maximum atomic E-state index is 13.0. The molecule has 5 nitrogen and oxygen atoms in total. The van der Waals surface area contributed by atoms with E-state index in [0.717, 1.165) is 25.9 Å². The highest BCUT2D eigenvalue weighted by Crippen LogP contribution is 2.22. The number of nitrogens with one attached hydrogen (secondary N) is 1. The number of hydrogen-bond acceptors (Lipinski definition) is 4. The van der Waals surface area contributed by atoms with Crippen LogP contribution < -0.4 is 10.1 Å². The van der Waals surface area contributed by atoms with E-state index in [2.05, 4.69) is 15.2 Å². The molecule has 150 valence electrons. The number of pyridine rings is 1. The van der Waals surface area contributed by atoms with Crippen LogP contribution in [-0.2, 0) is 0 Å². The van der Waals surface area contributed by atoms with Crippen molar-refractivity contribution in [3.63, 3.8) is 0 Å². The van der Waals surface area contributed by atoms with Gasteiger partial charge in [0.2, 0.25) is 0 Å². The largest absolute Gasteiger partial charge is 0.457 e. The van der Waals surface area contributed by atoms with Crippen molar-refractivity contribution >= 4 is 5.91 Å². The molecule has 0 spiro atoms. The van der Waals surface area contributed by atoms with Crippen LogP contribution in [0, 0.1) is 11.7 Å². The molecule has 1 unspecified atom stereocenters. The van der Waals surface area contributed by atoms with Crippen LogP contribution in [0.4, 0.5) is 8.78 Å². The Morgan fingerprint density at radius 3 is 2.86 bits per heavy atom. The van der Waals surface area contributed by atoms with Gasteiger partial charge >= 0.3 is 0 Å². The van der Waals surface area contributed by atoms with Gasteiger partial charge in [-0.1, -0.05) is 0 Å². The van der Waals surface area contributed by atoms with Crippen LogP contribution >= 0.6 is 0 Å². The lowest BCUT2D eigenvalue weighted by Crippen LogP contribution is -2.45. The molecule has 28 heavy (non-hydrogen) atoms. The minimum Gasteiger partial charge on any atom is -0.457 e. The average Bonchev–Trinajstić information content (AvgIpc) is 2.73. The summed E-state index contributed by atoms with van der Waals surface area (Å²) >= 11 is 0. The van der Waals surface area contributed by atoms with Gasteiger partial charge in [0.25, 0.3) is 5.91 Å². The van der Waals surface area contributed by atoms with Gasteiger partial charge in [0.15, 0.2) is 0 Å². The first-order chi connectivity index (χ1) is 13.5. The molecule has 7 heteroatoms. The molecule has 1 aromatic carbocycles. The predicted octanol–water partition coefficient (Wildman–Crippen LogP) is 3.81. The Hall–Kier alpha value is -2.54. The van der Waals surface area contributed by atoms with Crippen molar-refractivity contribution < 1.29 is 18.3 Å². The summed E-state index contributed by atoms with van der Waals surface area (Å²) in [5, 5.41) is 2.92. The number of rotatable bonds is 7. The SMILES string of the molecule is CC(CF)N1CCC[C@H](CNC(=O)c2cc(Oc3ccc(F)cc3)ccn2)C1. The zero-order chi connectivity index (χ0) is 19.9. The zero-order valence-electron chi connectivity index (χ0n) is 15.9. The van der Waals surface area contributed by atoms with Crippen molar-refractivity contribution in [3.8, 4) is 11.5 Å². The van der Waals surface area contributed by atoms with Crippen molar-refractivity contribution in [1.82, 2.24) is 15.2 Å². The zero-order valence-corrected chi connectivity index (χ0v) is 15.9. The van der Waals surface area contributed by atoms with Gasteiger partial charge in [-0.2, -0.15) is 0 Å². The highest BCUT2D eigenvalue weighted by Gasteiger charge is 2.24. The molecule has 3 rings (SSSR count). The maximum absolute atomic E-state index is 13.0. The topological polar surface area (TPSA) is 54.5 Å². The van der Waals surface area contributed by atoms with Crippen molar-refractivity contribution in [3.05, 3.63) is 54.1 Å². The molecule has 0 saturated carbocycles. The first kappa shape index (κ1) is 20.2. The van der Waals surface area contributed by atoms with E-state index in [4.69, 9.17) is 4.74 Å². The molecule has 1 aliphatic heterocycles. The maximum Gasteiger partial charge on any atom is 0.270 e. The fourth-order valence-corrected chi connectivity index (χ4v) is 3.33. The molecule has 2 aromatic rings. The third kappa shape index (κ3) is 5.48. The van der Waals surface area contributed by atoms with Crippen molar-refractivity contribution in [2.45, 2.75) is 25.8 Å². The number of piperidine rings is 1. The number of likely N-dealkylation sites (tertiary alicyclic amines) is 1. The normalized spacial score (nSPS) is 18.5. The Balaban J connectivity index is 1.55. The van der Waals surface area contributed by atoms with Crippen LogP contribution in [-0.4, -0.2) is 48.1 Å². The van der Waals surface area contributed by atoms with Gasteiger partial charge < -0.3 is 10.1 Å². The first-order valence-electron chi connectivity index (χ1n) is 9.53. The summed E-state index contributed by atoms with van der Waals surface area (Å²) in [6.45, 7) is 3.74. The Bertz CT molecular complexity index is 785. The van der Waals surface area contributed by atoms with E-state index in [1.165, 1.54) is 30.5 Å². The van der Waals surface area contributed by atoms with E-state index in [1.807, 2.05) is 6.92 Å². The minimum atomic E-state index is -0.357. The fourth-order valence-electron chi connectivity index (χ4n) is 3.33. The monoisotopic (exact) mass is 389 g/mol. The van der Waals surface area contributed by atoms with Gasteiger partial charge in [0.1, 0.15) is 29.7 Å². The number of halogens is 2. The van der Waals surface area contributed by atoms with Crippen molar-refractivity contribution in [2.75, 3.05) is 26.3 Å². The van der Waals surface area contributed by atoms with Gasteiger partial charge in [-0.3, -0.25) is 14.7 Å². The Morgan fingerprint density at radius 2 is 2.11 bits per heavy atom. The van der Waals surface area contributed by atoms with E-state index < -0.39 is 0 Å². The summed E-state index contributed by atoms with van der Waals surface area (Å²) in [7, 11) is 0. The second kappa shape index (κ2) is 9.59. The standard InChI is InChI=1S/C21H25F2N3O2/c1-15(12-22)26-10-2-3-16(14-26)13-25-21(27)20-11-19(8-9-24-20)28-18-6-4-17(23)5-7-18/h4-9,11,15-16H,2-3,10,12-14H2,1H3,(H,25,27)/t15?,16-/m1/s1. The Morgan fingerprint density at radius 1 is 1.32 bits per heavy atom. The average molecular weight is 389 g/mol. The summed E-state index contributed by atoms with van der Waals surface area (Å²) in [6.07, 6.45) is 3.51. The fraction of sp³-hybridized carbons (Fsp3) is 0.429. The van der Waals surface area contributed by atoms with Gasteiger partial charge in [-0.15, -0.1) is 0 Å². The number of nitrogens with zero attached hydrogens (tertiary/aromatic N) is 2. The summed E-state index contributed by atoms with van der Waals surface area (Å²) in [6, 6.07) is 8.75. The number of carbonyl (C=O) groups is 1. The van der Waals surface area contributed by atoms with Crippen LogP contribution in [0.2, 0.25) is 0 Å². The smallest absolute Gasteiger partial charge is 0.270 e. The lowest BCUT2D eigenvalue weighted by atomic mass is 9.97. The van der Waals surface area contributed by atoms with E-state index in [-0.39, 0.29) is 30.1 Å². The molecule has 1 N–H and O–H groups in total. The molecule has 1 aromatic heterocycles. The summed E-state index contributed by atoms with van der Waals surface area (Å²) < 4.78 is 31.5. The number of amides is 1. The van der Waals surface area contributed by atoms with E-state index in [9.17, 15) is 13.6 Å². The summed E-state index contributed by atoms with van der Waals surface area (Å²) in [5.41, 5.74) is 0.254. The molecular formula is C21H25F2N3O2. The van der Waals surface area contributed by atoms with Gasteiger partial charge in [-0.05, 0) is 62.6 Å². The van der Waals surface area contributed by atoms with Crippen LogP contribution in [0.25, 0.3) is 0 Å². The third-order valence-electron chi connectivity index (χ3n) is 4.96. The summed E-state index contributed by atoms with van der Waals surface area (Å²) in [5.74, 6) is 0.602.